The van der Waals surface area contributed by atoms with E-state index in [1.165, 1.54) is 22.6 Å². The lowest BCUT2D eigenvalue weighted by molar-refractivity contribution is -0.272. The van der Waals surface area contributed by atoms with E-state index >= 15 is 0 Å². The van der Waals surface area contributed by atoms with Crippen LogP contribution in [0.2, 0.25) is 0 Å². The summed E-state index contributed by atoms with van der Waals surface area (Å²) in [6, 6.07) is 23.3. The van der Waals surface area contributed by atoms with E-state index in [0.717, 1.165) is 19.6 Å². The molecule has 3 aromatic carbocycles. The van der Waals surface area contributed by atoms with Crippen LogP contribution in [0.1, 0.15) is 42.9 Å². The van der Waals surface area contributed by atoms with Gasteiger partial charge >= 0.3 is 0 Å². The van der Waals surface area contributed by atoms with Crippen molar-refractivity contribution in [1.82, 2.24) is 9.80 Å². The van der Waals surface area contributed by atoms with Crippen LogP contribution in [0.4, 0.5) is 4.39 Å². The fourth-order valence-corrected chi connectivity index (χ4v) is 7.88. The average molecular weight is 601 g/mol. The van der Waals surface area contributed by atoms with Gasteiger partial charge < -0.3 is 19.7 Å². The van der Waals surface area contributed by atoms with Crippen molar-refractivity contribution in [1.29, 1.82) is 0 Å². The number of halogens is 1. The van der Waals surface area contributed by atoms with Crippen LogP contribution in [0.25, 0.3) is 0 Å². The number of imide groups is 1. The first-order chi connectivity index (χ1) is 21.3. The van der Waals surface area contributed by atoms with Crippen molar-refractivity contribution >= 4 is 11.8 Å². The summed E-state index contributed by atoms with van der Waals surface area (Å²) >= 11 is 0. The van der Waals surface area contributed by atoms with Gasteiger partial charge in [-0.2, -0.15) is 0 Å². The van der Waals surface area contributed by atoms with E-state index in [1.807, 2.05) is 48.5 Å². The van der Waals surface area contributed by atoms with Crippen molar-refractivity contribution in [2.45, 2.75) is 50.2 Å². The maximum atomic E-state index is 14.3. The standard InChI is InChI=1S/C35H37FN2O6/c36-29-17-23(11-12-30(29)39)31-19-28-32-27(18-24(35(28,42)44-31)21-43-26-9-5-2-6-10-26)33(40)38(34(32)41)25-13-15-37(16-14-25)20-22-7-3-1-4-8-22/h1-12,17,24-25,27-28,31-32,39,42H,13-16,18-21H2/t24-,27+,28+,31+,32+,35-/m1/s1. The molecule has 9 heteroatoms. The number of amides is 2. The van der Waals surface area contributed by atoms with E-state index in [0.29, 0.717) is 24.2 Å². The highest BCUT2D eigenvalue weighted by Crippen LogP contribution is 2.58. The lowest BCUT2D eigenvalue weighted by Crippen LogP contribution is -2.55. The number of para-hydroxylation sites is 1. The molecule has 1 saturated carbocycles. The Labute approximate surface area is 256 Å². The van der Waals surface area contributed by atoms with E-state index in [2.05, 4.69) is 17.0 Å². The van der Waals surface area contributed by atoms with Crippen molar-refractivity contribution in [3.63, 3.8) is 0 Å². The minimum atomic E-state index is -1.75. The number of carbonyl (C=O) groups excluding carboxylic acids is 2. The first kappa shape index (κ1) is 29.0. The summed E-state index contributed by atoms with van der Waals surface area (Å²) in [4.78, 5) is 32.0. The topological polar surface area (TPSA) is 99.5 Å². The molecule has 6 atom stereocenters. The second-order valence-corrected chi connectivity index (χ2v) is 12.6. The third-order valence-electron chi connectivity index (χ3n) is 10.1. The van der Waals surface area contributed by atoms with Gasteiger partial charge in [0.25, 0.3) is 0 Å². The van der Waals surface area contributed by atoms with Crippen LogP contribution in [-0.2, 0) is 20.9 Å². The van der Waals surface area contributed by atoms with Gasteiger partial charge in [0.15, 0.2) is 17.4 Å². The van der Waals surface area contributed by atoms with Gasteiger partial charge in [0.05, 0.1) is 24.5 Å². The van der Waals surface area contributed by atoms with Gasteiger partial charge in [0.1, 0.15) is 5.75 Å². The quantitative estimate of drug-likeness (QED) is 0.381. The molecule has 44 heavy (non-hydrogen) atoms. The summed E-state index contributed by atoms with van der Waals surface area (Å²) in [5.74, 6) is -5.38. The van der Waals surface area contributed by atoms with Gasteiger partial charge in [-0.3, -0.25) is 19.4 Å². The van der Waals surface area contributed by atoms with E-state index in [1.54, 1.807) is 6.07 Å². The number of aliphatic hydroxyl groups is 1. The smallest absolute Gasteiger partial charge is 0.233 e. The summed E-state index contributed by atoms with van der Waals surface area (Å²) < 4.78 is 26.7. The highest BCUT2D eigenvalue weighted by molar-refractivity contribution is 6.06. The molecule has 8 nitrogen and oxygen atoms in total. The summed E-state index contributed by atoms with van der Waals surface area (Å²) in [5.41, 5.74) is 1.69. The molecule has 3 heterocycles. The second kappa shape index (κ2) is 11.6. The molecule has 0 aromatic heterocycles. The van der Waals surface area contributed by atoms with Crippen molar-refractivity contribution in [3.8, 4) is 11.5 Å². The molecule has 230 valence electrons. The normalized spacial score (nSPS) is 30.8. The van der Waals surface area contributed by atoms with Crippen molar-refractivity contribution in [3.05, 3.63) is 95.8 Å². The fraction of sp³-hybridized carbons (Fsp3) is 0.429. The van der Waals surface area contributed by atoms with Crippen molar-refractivity contribution in [2.24, 2.45) is 23.7 Å². The molecular weight excluding hydrogens is 563 g/mol. The first-order valence-corrected chi connectivity index (χ1v) is 15.5. The molecule has 3 aromatic rings. The molecule has 0 radical (unpaired) electrons. The molecule has 1 aliphatic carbocycles. The highest BCUT2D eigenvalue weighted by atomic mass is 19.1. The average Bonchev–Trinajstić information content (AvgIpc) is 3.52. The Morgan fingerprint density at radius 3 is 2.34 bits per heavy atom. The zero-order valence-electron chi connectivity index (χ0n) is 24.4. The van der Waals surface area contributed by atoms with Crippen LogP contribution >= 0.6 is 0 Å². The Morgan fingerprint density at radius 1 is 0.932 bits per heavy atom. The number of rotatable bonds is 7. The monoisotopic (exact) mass is 600 g/mol. The number of piperidine rings is 1. The van der Waals surface area contributed by atoms with Crippen LogP contribution in [0.15, 0.2) is 78.9 Å². The predicted molar refractivity (Wildman–Crippen MR) is 159 cm³/mol. The maximum Gasteiger partial charge on any atom is 0.233 e. The molecule has 2 amide bonds. The summed E-state index contributed by atoms with van der Waals surface area (Å²) in [5, 5.41) is 21.9. The number of hydrogen-bond donors (Lipinski definition) is 2. The molecule has 0 unspecified atom stereocenters. The lowest BCUT2D eigenvalue weighted by atomic mass is 9.64. The Hall–Kier alpha value is -3.79. The SMILES string of the molecule is O=C1[C@H]2[C@H](C[C@H](COc3ccccc3)[C@@]3(O)O[C@H](c4ccc(O)c(F)c4)C[C@@H]23)C(=O)N1C1CCN(Cc2ccccc2)CC1. The number of hydrogen-bond acceptors (Lipinski definition) is 7. The van der Waals surface area contributed by atoms with E-state index in [9.17, 15) is 24.2 Å². The van der Waals surface area contributed by atoms with Crippen LogP contribution < -0.4 is 4.74 Å². The number of carbonyl (C=O) groups is 2. The minimum absolute atomic E-state index is 0.0935. The van der Waals surface area contributed by atoms with Crippen LogP contribution in [0.3, 0.4) is 0 Å². The van der Waals surface area contributed by atoms with E-state index < -0.39 is 47.1 Å². The number of fused-ring (bicyclic) bond motifs is 3. The highest BCUT2D eigenvalue weighted by Gasteiger charge is 2.67. The van der Waals surface area contributed by atoms with E-state index in [4.69, 9.17) is 9.47 Å². The summed E-state index contributed by atoms with van der Waals surface area (Å²) in [6.45, 7) is 2.49. The van der Waals surface area contributed by atoms with Crippen molar-refractivity contribution < 1.29 is 33.7 Å². The van der Waals surface area contributed by atoms with E-state index in [-0.39, 0.29) is 37.3 Å². The summed E-state index contributed by atoms with van der Waals surface area (Å²) in [6.07, 6.45) is 1.17. The molecule has 3 aliphatic heterocycles. The largest absolute Gasteiger partial charge is 0.505 e. The molecule has 0 spiro atoms. The molecule has 2 N–H and O–H groups in total. The Morgan fingerprint density at radius 2 is 1.64 bits per heavy atom. The van der Waals surface area contributed by atoms with Crippen LogP contribution in [-0.4, -0.2) is 63.4 Å². The van der Waals surface area contributed by atoms with Crippen LogP contribution in [0.5, 0.6) is 11.5 Å². The Bertz CT molecular complexity index is 1510. The number of phenols is 1. The Balaban J connectivity index is 1.13. The molecule has 0 bridgehead atoms. The van der Waals surface area contributed by atoms with Crippen molar-refractivity contribution in [2.75, 3.05) is 19.7 Å². The summed E-state index contributed by atoms with van der Waals surface area (Å²) in [7, 11) is 0. The van der Waals surface area contributed by atoms with Crippen LogP contribution in [0, 0.1) is 29.5 Å². The van der Waals surface area contributed by atoms with Gasteiger partial charge in [-0.15, -0.1) is 0 Å². The number of likely N-dealkylation sites (tertiary alicyclic amines) is 2. The Kier molecular flexibility index (Phi) is 7.64. The van der Waals surface area contributed by atoms with Gasteiger partial charge in [-0.05, 0) is 61.1 Å². The number of phenolic OH excluding ortho intramolecular Hbond substituents is 1. The zero-order valence-corrected chi connectivity index (χ0v) is 24.4. The lowest BCUT2D eigenvalue weighted by Gasteiger charge is -2.44. The third-order valence-corrected chi connectivity index (χ3v) is 10.1. The zero-order chi connectivity index (χ0) is 30.4. The third kappa shape index (κ3) is 5.16. The second-order valence-electron chi connectivity index (χ2n) is 12.6. The fourth-order valence-electron chi connectivity index (χ4n) is 7.88. The molecule has 7 rings (SSSR count). The number of nitrogens with zero attached hydrogens (tertiary/aromatic N) is 2. The predicted octanol–water partition coefficient (Wildman–Crippen LogP) is 4.66. The van der Waals surface area contributed by atoms with Gasteiger partial charge in [-0.1, -0.05) is 54.6 Å². The molecular formula is C35H37FN2O6. The molecule has 3 saturated heterocycles. The number of aromatic hydroxyl groups is 1. The maximum absolute atomic E-state index is 14.3. The molecule has 4 aliphatic rings. The van der Waals surface area contributed by atoms with Gasteiger partial charge in [0, 0.05) is 37.5 Å². The van der Waals surface area contributed by atoms with Gasteiger partial charge in [-0.25, -0.2) is 4.39 Å². The minimum Gasteiger partial charge on any atom is -0.505 e. The first-order valence-electron chi connectivity index (χ1n) is 15.5. The molecule has 4 fully saturated rings. The van der Waals surface area contributed by atoms with Gasteiger partial charge in [0.2, 0.25) is 11.8 Å². The number of ether oxygens (including phenoxy) is 2. The number of benzene rings is 3.